The maximum absolute atomic E-state index is 12.3. The van der Waals surface area contributed by atoms with Gasteiger partial charge in [0.1, 0.15) is 11.5 Å². The van der Waals surface area contributed by atoms with Crippen LogP contribution in [0.1, 0.15) is 15.9 Å². The summed E-state index contributed by atoms with van der Waals surface area (Å²) in [5.74, 6) is 0.414. The van der Waals surface area contributed by atoms with Gasteiger partial charge in [0.05, 0.1) is 31.4 Å². The van der Waals surface area contributed by atoms with Crippen molar-refractivity contribution in [1.29, 1.82) is 0 Å². The molecule has 6 nitrogen and oxygen atoms in total. The number of hydrogen-bond acceptors (Lipinski definition) is 4. The molecule has 2 aromatic rings. The highest BCUT2D eigenvalue weighted by Gasteiger charge is 2.16. The summed E-state index contributed by atoms with van der Waals surface area (Å²) in [6, 6.07) is 10.5. The topological polar surface area (TPSA) is 76.7 Å². The Hall–Kier alpha value is -2.00. The lowest BCUT2D eigenvalue weighted by Gasteiger charge is -2.11. The first-order valence-corrected chi connectivity index (χ1v) is 9.11. The predicted molar refractivity (Wildman–Crippen MR) is 108 cm³/mol. The molecule has 0 heterocycles. The summed E-state index contributed by atoms with van der Waals surface area (Å²) in [5, 5.41) is 5.75. The largest absolute Gasteiger partial charge is 0.497 e. The third kappa shape index (κ3) is 5.50. The van der Waals surface area contributed by atoms with E-state index < -0.39 is 5.91 Å². The van der Waals surface area contributed by atoms with Crippen LogP contribution in [0.15, 0.2) is 36.4 Å². The highest BCUT2D eigenvalue weighted by atomic mass is 127. The van der Waals surface area contributed by atoms with Crippen molar-refractivity contribution in [3.8, 4) is 11.5 Å². The highest BCUT2D eigenvalue weighted by Crippen LogP contribution is 2.28. The van der Waals surface area contributed by atoms with Crippen LogP contribution < -0.4 is 20.1 Å². The standard InChI is InChI=1S/C18H18ClIN2O4/c1-25-12-5-3-11(4-6-12)9-21-17(23)10-22-18(24)13-7-14(19)15(20)8-16(13)26-2/h3-8H,9-10H2,1-2H3,(H,21,23)(H,22,24). The molecule has 2 rings (SSSR count). The molecule has 2 aromatic carbocycles. The van der Waals surface area contributed by atoms with Crippen molar-refractivity contribution in [2.24, 2.45) is 0 Å². The summed E-state index contributed by atoms with van der Waals surface area (Å²) in [7, 11) is 3.06. The second kappa shape index (κ2) is 9.63. The number of carbonyl (C=O) groups is 2. The van der Waals surface area contributed by atoms with Crippen LogP contribution >= 0.6 is 34.2 Å². The summed E-state index contributed by atoms with van der Waals surface area (Å²) in [6.45, 7) is 0.207. The van der Waals surface area contributed by atoms with Crippen molar-refractivity contribution in [3.05, 3.63) is 56.1 Å². The monoisotopic (exact) mass is 488 g/mol. The Morgan fingerprint density at radius 2 is 1.77 bits per heavy atom. The molecule has 8 heteroatoms. The van der Waals surface area contributed by atoms with Crippen molar-refractivity contribution in [1.82, 2.24) is 10.6 Å². The molecule has 0 aliphatic carbocycles. The lowest BCUT2D eigenvalue weighted by atomic mass is 10.2. The number of halogens is 2. The lowest BCUT2D eigenvalue weighted by molar-refractivity contribution is -0.120. The van der Waals surface area contributed by atoms with E-state index in [1.165, 1.54) is 13.2 Å². The van der Waals surface area contributed by atoms with Gasteiger partial charge in [0, 0.05) is 10.1 Å². The summed E-state index contributed by atoms with van der Waals surface area (Å²) < 4.78 is 11.1. The van der Waals surface area contributed by atoms with E-state index in [-0.39, 0.29) is 18.0 Å². The van der Waals surface area contributed by atoms with E-state index in [1.54, 1.807) is 13.2 Å². The van der Waals surface area contributed by atoms with E-state index in [0.29, 0.717) is 17.3 Å². The smallest absolute Gasteiger partial charge is 0.255 e. The van der Waals surface area contributed by atoms with Gasteiger partial charge in [-0.2, -0.15) is 0 Å². The molecule has 0 aliphatic rings. The average Bonchev–Trinajstić information content (AvgIpc) is 2.66. The Bertz CT molecular complexity index is 797. The second-order valence-electron chi connectivity index (χ2n) is 5.27. The average molecular weight is 489 g/mol. The van der Waals surface area contributed by atoms with Gasteiger partial charge in [-0.15, -0.1) is 0 Å². The zero-order chi connectivity index (χ0) is 19.1. The van der Waals surface area contributed by atoms with Gasteiger partial charge in [-0.3, -0.25) is 9.59 Å². The van der Waals surface area contributed by atoms with Crippen LogP contribution in [-0.4, -0.2) is 32.6 Å². The van der Waals surface area contributed by atoms with Crippen LogP contribution in [0.5, 0.6) is 11.5 Å². The Labute approximate surface area is 170 Å². The fourth-order valence-corrected chi connectivity index (χ4v) is 2.74. The van der Waals surface area contributed by atoms with E-state index in [1.807, 2.05) is 24.3 Å². The van der Waals surface area contributed by atoms with Crippen molar-refractivity contribution >= 4 is 46.0 Å². The summed E-state index contributed by atoms with van der Waals surface area (Å²) in [4.78, 5) is 24.2. The van der Waals surface area contributed by atoms with Crippen LogP contribution in [0.2, 0.25) is 5.02 Å². The first kappa shape index (κ1) is 20.3. The van der Waals surface area contributed by atoms with Crippen LogP contribution in [0, 0.1) is 3.57 Å². The minimum absolute atomic E-state index is 0.151. The quantitative estimate of drug-likeness (QED) is 0.588. The summed E-state index contributed by atoms with van der Waals surface area (Å²) in [5.41, 5.74) is 1.21. The van der Waals surface area contributed by atoms with Gasteiger partial charge in [-0.1, -0.05) is 23.7 Å². The third-order valence-electron chi connectivity index (χ3n) is 3.55. The van der Waals surface area contributed by atoms with Crippen molar-refractivity contribution in [2.75, 3.05) is 20.8 Å². The predicted octanol–water partition coefficient (Wildman–Crippen LogP) is 3.01. The molecule has 0 saturated carbocycles. The lowest BCUT2D eigenvalue weighted by Crippen LogP contribution is -2.36. The first-order valence-electron chi connectivity index (χ1n) is 7.65. The molecule has 0 aromatic heterocycles. The molecule has 0 atom stereocenters. The minimum Gasteiger partial charge on any atom is -0.497 e. The number of amides is 2. The summed E-state index contributed by atoms with van der Waals surface area (Å²) >= 11 is 8.11. The molecular formula is C18H18ClIN2O4. The molecule has 2 amide bonds. The normalized spacial score (nSPS) is 10.2. The van der Waals surface area contributed by atoms with Crippen LogP contribution in [-0.2, 0) is 11.3 Å². The maximum atomic E-state index is 12.3. The molecule has 0 bridgehead atoms. The Balaban J connectivity index is 1.88. The molecule has 2 N–H and O–H groups in total. The number of hydrogen-bond donors (Lipinski definition) is 2. The van der Waals surface area contributed by atoms with E-state index in [0.717, 1.165) is 14.9 Å². The van der Waals surface area contributed by atoms with Crippen LogP contribution in [0.3, 0.4) is 0 Å². The van der Waals surface area contributed by atoms with Gasteiger partial charge in [-0.05, 0) is 52.4 Å². The maximum Gasteiger partial charge on any atom is 0.255 e. The molecule has 0 aliphatic heterocycles. The number of carbonyl (C=O) groups excluding carboxylic acids is 2. The second-order valence-corrected chi connectivity index (χ2v) is 6.84. The van der Waals surface area contributed by atoms with Crippen LogP contribution in [0.4, 0.5) is 0 Å². The number of methoxy groups -OCH3 is 2. The van der Waals surface area contributed by atoms with Crippen molar-refractivity contribution in [3.63, 3.8) is 0 Å². The number of rotatable bonds is 7. The molecule has 0 saturated heterocycles. The van der Waals surface area contributed by atoms with Crippen molar-refractivity contribution in [2.45, 2.75) is 6.54 Å². The highest BCUT2D eigenvalue weighted by molar-refractivity contribution is 14.1. The van der Waals surface area contributed by atoms with E-state index in [4.69, 9.17) is 21.1 Å². The molecule has 0 fully saturated rings. The fourth-order valence-electron chi connectivity index (χ4n) is 2.14. The van der Waals surface area contributed by atoms with Gasteiger partial charge < -0.3 is 20.1 Å². The number of benzene rings is 2. The van der Waals surface area contributed by atoms with E-state index in [2.05, 4.69) is 33.2 Å². The SMILES string of the molecule is COc1ccc(CNC(=O)CNC(=O)c2cc(Cl)c(I)cc2OC)cc1. The number of ether oxygens (including phenoxy) is 2. The zero-order valence-electron chi connectivity index (χ0n) is 14.3. The van der Waals surface area contributed by atoms with Gasteiger partial charge in [0.25, 0.3) is 5.91 Å². The Morgan fingerprint density at radius 1 is 1.08 bits per heavy atom. The Kier molecular flexibility index (Phi) is 7.52. The fraction of sp³-hybridized carbons (Fsp3) is 0.222. The minimum atomic E-state index is -0.431. The molecular weight excluding hydrogens is 471 g/mol. The van der Waals surface area contributed by atoms with E-state index >= 15 is 0 Å². The molecule has 138 valence electrons. The van der Waals surface area contributed by atoms with Gasteiger partial charge in [0.15, 0.2) is 0 Å². The van der Waals surface area contributed by atoms with Crippen LogP contribution in [0.25, 0.3) is 0 Å². The number of nitrogens with one attached hydrogen (secondary N) is 2. The van der Waals surface area contributed by atoms with Crippen molar-refractivity contribution < 1.29 is 19.1 Å². The molecule has 0 radical (unpaired) electrons. The first-order chi connectivity index (χ1) is 12.4. The van der Waals surface area contributed by atoms with Gasteiger partial charge in [-0.25, -0.2) is 0 Å². The molecule has 0 unspecified atom stereocenters. The molecule has 0 spiro atoms. The molecule has 26 heavy (non-hydrogen) atoms. The van der Waals surface area contributed by atoms with Gasteiger partial charge in [0.2, 0.25) is 5.91 Å². The Morgan fingerprint density at radius 3 is 2.38 bits per heavy atom. The third-order valence-corrected chi connectivity index (χ3v) is 5.07. The summed E-state index contributed by atoms with van der Waals surface area (Å²) in [6.07, 6.45) is 0. The van der Waals surface area contributed by atoms with Gasteiger partial charge >= 0.3 is 0 Å². The van der Waals surface area contributed by atoms with E-state index in [9.17, 15) is 9.59 Å². The zero-order valence-corrected chi connectivity index (χ0v) is 17.2.